The van der Waals surface area contributed by atoms with E-state index < -0.39 is 16.0 Å². The van der Waals surface area contributed by atoms with E-state index in [0.717, 1.165) is 0 Å². The third-order valence-electron chi connectivity index (χ3n) is 1.59. The first-order valence-electron chi connectivity index (χ1n) is 4.13. The molecule has 0 atom stereocenters. The fourth-order valence-electron chi connectivity index (χ4n) is 0.861. The highest BCUT2D eigenvalue weighted by molar-refractivity contribution is 7.89. The Bertz CT molecular complexity index is 469. The lowest BCUT2D eigenvalue weighted by atomic mass is 10.3. The molecule has 0 heterocycles. The number of anilines is 1. The molecule has 0 unspecified atom stereocenters. The molecule has 1 rings (SSSR count). The SMILES string of the molecule is NS(=O)(=O)c1ccc(NOC(=O)CS)cc1. The third kappa shape index (κ3) is 3.72. The lowest BCUT2D eigenvalue weighted by Gasteiger charge is -2.05. The average Bonchev–Trinajstić information content (AvgIpc) is 2.25. The first-order chi connectivity index (χ1) is 7.43. The van der Waals surface area contributed by atoms with Gasteiger partial charge in [0, 0.05) is 0 Å². The van der Waals surface area contributed by atoms with E-state index in [1.54, 1.807) is 0 Å². The smallest absolute Gasteiger partial charge is 0.341 e. The first-order valence-corrected chi connectivity index (χ1v) is 6.31. The number of benzene rings is 1. The molecule has 6 nitrogen and oxygen atoms in total. The van der Waals surface area contributed by atoms with Crippen LogP contribution in [0.5, 0.6) is 0 Å². The highest BCUT2D eigenvalue weighted by atomic mass is 32.2. The summed E-state index contributed by atoms with van der Waals surface area (Å²) in [6, 6.07) is 5.44. The molecular weight excluding hydrogens is 252 g/mol. The van der Waals surface area contributed by atoms with Gasteiger partial charge in [0.15, 0.2) is 0 Å². The van der Waals surface area contributed by atoms with Crippen molar-refractivity contribution in [3.05, 3.63) is 24.3 Å². The maximum Gasteiger partial charge on any atom is 0.341 e. The summed E-state index contributed by atoms with van der Waals surface area (Å²) in [7, 11) is -3.70. The predicted molar refractivity (Wildman–Crippen MR) is 61.4 cm³/mol. The van der Waals surface area contributed by atoms with Gasteiger partial charge in [-0.15, -0.1) is 0 Å². The Morgan fingerprint density at radius 1 is 1.38 bits per heavy atom. The molecule has 0 amide bonds. The molecule has 16 heavy (non-hydrogen) atoms. The molecule has 0 saturated heterocycles. The van der Waals surface area contributed by atoms with Crippen molar-refractivity contribution in [2.24, 2.45) is 5.14 Å². The van der Waals surface area contributed by atoms with Crippen LogP contribution in [0.4, 0.5) is 5.69 Å². The van der Waals surface area contributed by atoms with Gasteiger partial charge in [0.1, 0.15) is 0 Å². The summed E-state index contributed by atoms with van der Waals surface area (Å²) in [5.74, 6) is -0.596. The second kappa shape index (κ2) is 5.19. The molecule has 3 N–H and O–H groups in total. The Kier molecular flexibility index (Phi) is 4.16. The maximum absolute atomic E-state index is 10.9. The highest BCUT2D eigenvalue weighted by Crippen LogP contribution is 2.12. The largest absolute Gasteiger partial charge is 0.343 e. The number of primary sulfonamides is 1. The Hall–Kier alpha value is -1.25. The number of carbonyl (C=O) groups is 1. The van der Waals surface area contributed by atoms with Crippen molar-refractivity contribution in [2.75, 3.05) is 11.2 Å². The molecule has 8 heteroatoms. The van der Waals surface area contributed by atoms with Crippen molar-refractivity contribution >= 4 is 34.3 Å². The van der Waals surface area contributed by atoms with Gasteiger partial charge in [-0.05, 0) is 24.3 Å². The van der Waals surface area contributed by atoms with Crippen molar-refractivity contribution in [1.29, 1.82) is 0 Å². The van der Waals surface area contributed by atoms with Crippen LogP contribution in [0.15, 0.2) is 29.2 Å². The summed E-state index contributed by atoms with van der Waals surface area (Å²) in [6.45, 7) is 0. The molecule has 1 aromatic rings. The van der Waals surface area contributed by atoms with E-state index in [2.05, 4.69) is 22.9 Å². The van der Waals surface area contributed by atoms with Crippen molar-refractivity contribution < 1.29 is 18.0 Å². The Morgan fingerprint density at radius 3 is 2.38 bits per heavy atom. The summed E-state index contributed by atoms with van der Waals surface area (Å²) >= 11 is 3.71. The standard InChI is InChI=1S/C8H10N2O4S2/c9-16(12,13)7-3-1-6(2-4-7)10-14-8(11)5-15/h1-4,10,15H,5H2,(H2,9,12,13). The molecule has 0 radical (unpaired) electrons. The predicted octanol–water partition coefficient (Wildman–Crippen LogP) is 0.134. The highest BCUT2D eigenvalue weighted by Gasteiger charge is 2.07. The van der Waals surface area contributed by atoms with Gasteiger partial charge in [0.2, 0.25) is 10.0 Å². The van der Waals surface area contributed by atoms with E-state index in [4.69, 9.17) is 5.14 Å². The number of sulfonamides is 1. The molecule has 0 aliphatic heterocycles. The van der Waals surface area contributed by atoms with Crippen LogP contribution in [-0.2, 0) is 19.7 Å². The van der Waals surface area contributed by atoms with Gasteiger partial charge < -0.3 is 4.84 Å². The van der Waals surface area contributed by atoms with E-state index in [-0.39, 0.29) is 10.6 Å². The molecule has 88 valence electrons. The van der Waals surface area contributed by atoms with Gasteiger partial charge in [-0.1, -0.05) is 0 Å². The van der Waals surface area contributed by atoms with E-state index >= 15 is 0 Å². The lowest BCUT2D eigenvalue weighted by molar-refractivity contribution is -0.137. The maximum atomic E-state index is 10.9. The van der Waals surface area contributed by atoms with Gasteiger partial charge in [-0.25, -0.2) is 23.8 Å². The summed E-state index contributed by atoms with van der Waals surface area (Å²) < 4.78 is 21.8. The van der Waals surface area contributed by atoms with Crippen LogP contribution in [0.2, 0.25) is 0 Å². The van der Waals surface area contributed by atoms with E-state index in [1.807, 2.05) is 0 Å². The second-order valence-corrected chi connectivity index (χ2v) is 4.68. The van der Waals surface area contributed by atoms with Crippen molar-refractivity contribution in [1.82, 2.24) is 0 Å². The topological polar surface area (TPSA) is 98.5 Å². The Balaban J connectivity index is 2.69. The molecule has 0 saturated carbocycles. The van der Waals surface area contributed by atoms with Gasteiger partial charge in [0.05, 0.1) is 16.3 Å². The summed E-state index contributed by atoms with van der Waals surface area (Å²) in [4.78, 5) is 15.3. The number of rotatable bonds is 4. The van der Waals surface area contributed by atoms with Crippen molar-refractivity contribution in [3.63, 3.8) is 0 Å². The van der Waals surface area contributed by atoms with Crippen LogP contribution in [-0.4, -0.2) is 20.1 Å². The normalized spacial score (nSPS) is 10.9. The van der Waals surface area contributed by atoms with Crippen LogP contribution in [0.3, 0.4) is 0 Å². The number of nitrogens with one attached hydrogen (secondary N) is 1. The van der Waals surface area contributed by atoms with Gasteiger partial charge in [-0.2, -0.15) is 12.6 Å². The zero-order valence-electron chi connectivity index (χ0n) is 8.08. The first kappa shape index (κ1) is 12.8. The minimum Gasteiger partial charge on any atom is -0.343 e. The van der Waals surface area contributed by atoms with Gasteiger partial charge >= 0.3 is 5.97 Å². The number of carbonyl (C=O) groups excluding carboxylic acids is 1. The Morgan fingerprint density at radius 2 is 1.94 bits per heavy atom. The number of hydrogen-bond donors (Lipinski definition) is 3. The quantitative estimate of drug-likeness (QED) is 0.529. The second-order valence-electron chi connectivity index (χ2n) is 2.80. The van der Waals surface area contributed by atoms with Gasteiger partial charge in [0.25, 0.3) is 0 Å². The lowest BCUT2D eigenvalue weighted by Crippen LogP contribution is -2.13. The number of nitrogens with two attached hydrogens (primary N) is 1. The molecule has 1 aromatic carbocycles. The summed E-state index contributed by atoms with van der Waals surface area (Å²) in [5.41, 5.74) is 2.77. The minimum atomic E-state index is -3.70. The van der Waals surface area contributed by atoms with Crippen molar-refractivity contribution in [2.45, 2.75) is 4.90 Å². The molecule has 0 bridgehead atoms. The zero-order chi connectivity index (χ0) is 12.2. The van der Waals surface area contributed by atoms with Crippen molar-refractivity contribution in [3.8, 4) is 0 Å². The van der Waals surface area contributed by atoms with Crippen LogP contribution in [0.25, 0.3) is 0 Å². The van der Waals surface area contributed by atoms with Gasteiger partial charge in [-0.3, -0.25) is 0 Å². The molecular formula is C8H10N2O4S2. The van der Waals surface area contributed by atoms with E-state index in [1.165, 1.54) is 24.3 Å². The number of hydrogen-bond acceptors (Lipinski definition) is 6. The zero-order valence-corrected chi connectivity index (χ0v) is 9.79. The fraction of sp³-hybridized carbons (Fsp3) is 0.125. The van der Waals surface area contributed by atoms with Crippen LogP contribution in [0, 0.1) is 0 Å². The van der Waals surface area contributed by atoms with E-state index in [9.17, 15) is 13.2 Å². The minimum absolute atomic E-state index is 0.0152. The molecule has 0 aliphatic rings. The monoisotopic (exact) mass is 262 g/mol. The molecule has 0 aromatic heterocycles. The van der Waals surface area contributed by atoms with Crippen LogP contribution >= 0.6 is 12.6 Å². The van der Waals surface area contributed by atoms with E-state index in [0.29, 0.717) is 5.69 Å². The molecule has 0 aliphatic carbocycles. The third-order valence-corrected chi connectivity index (χ3v) is 2.78. The number of thiol groups is 1. The Labute approximate surface area is 98.2 Å². The summed E-state index contributed by atoms with van der Waals surface area (Å²) in [6.07, 6.45) is 0. The average molecular weight is 262 g/mol. The molecule has 0 spiro atoms. The fourth-order valence-corrected chi connectivity index (χ4v) is 1.44. The van der Waals surface area contributed by atoms with Crippen LogP contribution in [0.1, 0.15) is 0 Å². The summed E-state index contributed by atoms with van der Waals surface area (Å²) in [5, 5.41) is 4.91. The van der Waals surface area contributed by atoms with Crippen LogP contribution < -0.4 is 10.6 Å². The molecule has 0 fully saturated rings.